The first-order chi connectivity index (χ1) is 6.73. The molecule has 2 unspecified atom stereocenters. The Kier molecular flexibility index (Phi) is 2.85. The van der Waals surface area contributed by atoms with Crippen molar-refractivity contribution in [2.45, 2.75) is 37.9 Å². The zero-order valence-corrected chi connectivity index (χ0v) is 9.22. The smallest absolute Gasteiger partial charge is 0.121 e. The summed E-state index contributed by atoms with van der Waals surface area (Å²) in [5.74, 6) is 0. The lowest BCUT2D eigenvalue weighted by Gasteiger charge is -2.23. The summed E-state index contributed by atoms with van der Waals surface area (Å²) in [5, 5.41) is 3.10. The molecule has 4 heteroatoms. The van der Waals surface area contributed by atoms with Crippen LogP contribution >= 0.6 is 11.3 Å². The van der Waals surface area contributed by atoms with Crippen molar-refractivity contribution in [3.8, 4) is 0 Å². The normalized spacial score (nSPS) is 32.3. The molecule has 1 aliphatic rings. The van der Waals surface area contributed by atoms with E-state index < -0.39 is 0 Å². The van der Waals surface area contributed by atoms with E-state index in [1.54, 1.807) is 11.3 Å². The Balaban J connectivity index is 2.01. The van der Waals surface area contributed by atoms with Gasteiger partial charge in [-0.1, -0.05) is 0 Å². The molecule has 0 spiro atoms. The predicted molar refractivity (Wildman–Crippen MR) is 57.3 cm³/mol. The highest BCUT2D eigenvalue weighted by Gasteiger charge is 2.36. The van der Waals surface area contributed by atoms with Gasteiger partial charge in [0.15, 0.2) is 0 Å². The van der Waals surface area contributed by atoms with Gasteiger partial charge in [0.1, 0.15) is 11.1 Å². The van der Waals surface area contributed by atoms with Crippen molar-refractivity contribution >= 4 is 11.3 Å². The van der Waals surface area contributed by atoms with Gasteiger partial charge in [-0.2, -0.15) is 0 Å². The molecule has 2 rings (SSSR count). The minimum atomic E-state index is -0.0227. The zero-order valence-electron chi connectivity index (χ0n) is 8.40. The van der Waals surface area contributed by atoms with E-state index in [0.717, 1.165) is 24.3 Å². The van der Waals surface area contributed by atoms with E-state index >= 15 is 0 Å². The molecule has 1 aromatic heterocycles. The van der Waals surface area contributed by atoms with Crippen LogP contribution in [0.4, 0.5) is 0 Å². The Labute approximate surface area is 88.3 Å². The molecule has 14 heavy (non-hydrogen) atoms. The third-order valence-corrected chi connectivity index (χ3v) is 3.63. The van der Waals surface area contributed by atoms with Gasteiger partial charge in [-0.05, 0) is 32.7 Å². The molecule has 1 aliphatic heterocycles. The summed E-state index contributed by atoms with van der Waals surface area (Å²) in [6.45, 7) is 2.84. The summed E-state index contributed by atoms with van der Waals surface area (Å²) in [4.78, 5) is 4.29. The molecule has 1 fully saturated rings. The largest absolute Gasteiger partial charge is 0.365 e. The molecular weight excluding hydrogens is 196 g/mol. The maximum atomic E-state index is 6.00. The van der Waals surface area contributed by atoms with Crippen LogP contribution in [0.25, 0.3) is 0 Å². The van der Waals surface area contributed by atoms with Crippen LogP contribution in [0.1, 0.15) is 37.3 Å². The summed E-state index contributed by atoms with van der Waals surface area (Å²) >= 11 is 1.67. The van der Waals surface area contributed by atoms with Crippen molar-refractivity contribution in [3.63, 3.8) is 0 Å². The fraction of sp³-hybridized carbons (Fsp3) is 0.700. The molecule has 0 saturated carbocycles. The fourth-order valence-corrected chi connectivity index (χ4v) is 2.65. The summed E-state index contributed by atoms with van der Waals surface area (Å²) in [7, 11) is 0. The van der Waals surface area contributed by atoms with Gasteiger partial charge < -0.3 is 10.5 Å². The van der Waals surface area contributed by atoms with Crippen LogP contribution in [-0.2, 0) is 4.74 Å². The molecule has 0 bridgehead atoms. The number of hydrogen-bond acceptors (Lipinski definition) is 4. The summed E-state index contributed by atoms with van der Waals surface area (Å²) < 4.78 is 6.00. The lowest BCUT2D eigenvalue weighted by molar-refractivity contribution is -0.0332. The molecule has 0 aliphatic carbocycles. The van der Waals surface area contributed by atoms with E-state index in [4.69, 9.17) is 10.5 Å². The standard InChI is InChI=1S/C10H16N2OS/c1-10(4-5-11)3-2-8(13-10)9-12-6-7-14-9/h6-8H,2-5,11H2,1H3. The second-order valence-electron chi connectivity index (χ2n) is 4.00. The molecule has 2 heterocycles. The number of rotatable bonds is 3. The van der Waals surface area contributed by atoms with Crippen molar-refractivity contribution in [2.24, 2.45) is 5.73 Å². The van der Waals surface area contributed by atoms with E-state index in [0.29, 0.717) is 6.54 Å². The van der Waals surface area contributed by atoms with E-state index in [1.807, 2.05) is 11.6 Å². The lowest BCUT2D eigenvalue weighted by atomic mass is 9.98. The van der Waals surface area contributed by atoms with Gasteiger partial charge in [0.2, 0.25) is 0 Å². The van der Waals surface area contributed by atoms with Gasteiger partial charge in [-0.25, -0.2) is 4.98 Å². The highest BCUT2D eigenvalue weighted by Crippen LogP contribution is 2.41. The van der Waals surface area contributed by atoms with Gasteiger partial charge in [0.25, 0.3) is 0 Å². The Morgan fingerprint density at radius 1 is 1.79 bits per heavy atom. The van der Waals surface area contributed by atoms with Crippen molar-refractivity contribution in [1.82, 2.24) is 4.98 Å². The Bertz CT molecular complexity index is 288. The SMILES string of the molecule is CC1(CCN)CCC(c2nccs2)O1. The van der Waals surface area contributed by atoms with Crippen LogP contribution in [0.5, 0.6) is 0 Å². The molecule has 1 saturated heterocycles. The molecular formula is C10H16N2OS. The van der Waals surface area contributed by atoms with Crippen LogP contribution in [0.2, 0.25) is 0 Å². The first kappa shape index (κ1) is 10.1. The Morgan fingerprint density at radius 3 is 3.29 bits per heavy atom. The quantitative estimate of drug-likeness (QED) is 0.834. The van der Waals surface area contributed by atoms with E-state index in [9.17, 15) is 0 Å². The number of nitrogens with zero attached hydrogens (tertiary/aromatic N) is 1. The number of aromatic nitrogens is 1. The Hall–Kier alpha value is -0.450. The third kappa shape index (κ3) is 1.97. The van der Waals surface area contributed by atoms with Crippen LogP contribution in [0.15, 0.2) is 11.6 Å². The fourth-order valence-electron chi connectivity index (χ4n) is 1.95. The van der Waals surface area contributed by atoms with E-state index in [1.165, 1.54) is 0 Å². The molecule has 2 atom stereocenters. The summed E-state index contributed by atoms with van der Waals surface area (Å²) in [6, 6.07) is 0. The van der Waals surface area contributed by atoms with Gasteiger partial charge in [-0.15, -0.1) is 11.3 Å². The summed E-state index contributed by atoms with van der Waals surface area (Å²) in [6.07, 6.45) is 5.14. The van der Waals surface area contributed by atoms with Gasteiger partial charge in [0, 0.05) is 11.6 Å². The highest BCUT2D eigenvalue weighted by molar-refractivity contribution is 7.09. The van der Waals surface area contributed by atoms with Gasteiger partial charge in [-0.3, -0.25) is 0 Å². The average molecular weight is 212 g/mol. The molecule has 1 aromatic rings. The van der Waals surface area contributed by atoms with Crippen LogP contribution in [0.3, 0.4) is 0 Å². The minimum absolute atomic E-state index is 0.0227. The molecule has 0 amide bonds. The van der Waals surface area contributed by atoms with E-state index in [2.05, 4.69) is 11.9 Å². The number of ether oxygens (including phenoxy) is 1. The van der Waals surface area contributed by atoms with Crippen LogP contribution < -0.4 is 5.73 Å². The van der Waals surface area contributed by atoms with Crippen LogP contribution in [0, 0.1) is 0 Å². The number of thiazole rings is 1. The first-order valence-corrected chi connectivity index (χ1v) is 5.89. The zero-order chi connectivity index (χ0) is 10.0. The predicted octanol–water partition coefficient (Wildman–Crippen LogP) is 2.10. The molecule has 0 radical (unpaired) electrons. The number of hydrogen-bond donors (Lipinski definition) is 1. The third-order valence-electron chi connectivity index (χ3n) is 2.76. The van der Waals surface area contributed by atoms with Crippen molar-refractivity contribution in [3.05, 3.63) is 16.6 Å². The Morgan fingerprint density at radius 2 is 2.64 bits per heavy atom. The van der Waals surface area contributed by atoms with Crippen molar-refractivity contribution in [1.29, 1.82) is 0 Å². The first-order valence-electron chi connectivity index (χ1n) is 5.01. The van der Waals surface area contributed by atoms with Crippen molar-refractivity contribution in [2.75, 3.05) is 6.54 Å². The minimum Gasteiger partial charge on any atom is -0.365 e. The summed E-state index contributed by atoms with van der Waals surface area (Å²) in [5.41, 5.74) is 5.54. The topological polar surface area (TPSA) is 48.1 Å². The number of nitrogens with two attached hydrogens (primary N) is 1. The maximum Gasteiger partial charge on any atom is 0.121 e. The molecule has 78 valence electrons. The second kappa shape index (κ2) is 3.96. The molecule has 3 nitrogen and oxygen atoms in total. The molecule has 0 aromatic carbocycles. The van der Waals surface area contributed by atoms with Gasteiger partial charge in [0.05, 0.1) is 5.60 Å². The lowest BCUT2D eigenvalue weighted by Crippen LogP contribution is -2.26. The second-order valence-corrected chi connectivity index (χ2v) is 4.93. The highest BCUT2D eigenvalue weighted by atomic mass is 32.1. The van der Waals surface area contributed by atoms with Gasteiger partial charge >= 0.3 is 0 Å². The van der Waals surface area contributed by atoms with E-state index in [-0.39, 0.29) is 11.7 Å². The maximum absolute atomic E-state index is 6.00. The monoisotopic (exact) mass is 212 g/mol. The average Bonchev–Trinajstić information content (AvgIpc) is 2.73. The molecule has 2 N–H and O–H groups in total. The van der Waals surface area contributed by atoms with Crippen LogP contribution in [-0.4, -0.2) is 17.1 Å². The van der Waals surface area contributed by atoms with Crippen molar-refractivity contribution < 1.29 is 4.74 Å².